The van der Waals surface area contributed by atoms with Gasteiger partial charge in [-0.15, -0.1) is 0 Å². The molecular weight excluding hydrogens is 204 g/mol. The van der Waals surface area contributed by atoms with E-state index in [9.17, 15) is 4.79 Å². The van der Waals surface area contributed by atoms with Crippen LogP contribution in [0.4, 0.5) is 5.69 Å². The maximum absolute atomic E-state index is 11.1. The van der Waals surface area contributed by atoms with E-state index in [1.54, 1.807) is 0 Å². The van der Waals surface area contributed by atoms with Crippen LogP contribution in [0.3, 0.4) is 0 Å². The fourth-order valence-electron chi connectivity index (χ4n) is 1.73. The molecule has 16 heavy (non-hydrogen) atoms. The van der Waals surface area contributed by atoms with E-state index >= 15 is 0 Å². The van der Waals surface area contributed by atoms with Crippen molar-refractivity contribution in [2.45, 2.75) is 13.8 Å². The van der Waals surface area contributed by atoms with Gasteiger partial charge in [-0.3, -0.25) is 0 Å². The van der Waals surface area contributed by atoms with Crippen molar-refractivity contribution in [2.75, 3.05) is 18.0 Å². The van der Waals surface area contributed by atoms with Crippen LogP contribution in [0, 0.1) is 0 Å². The Morgan fingerprint density at radius 1 is 1.31 bits per heavy atom. The molecule has 0 bridgehead atoms. The molecule has 0 atom stereocenters. The number of benzene rings is 1. The van der Waals surface area contributed by atoms with E-state index in [2.05, 4.69) is 23.7 Å². The van der Waals surface area contributed by atoms with Gasteiger partial charge in [0.15, 0.2) is 5.58 Å². The molecule has 0 unspecified atom stereocenters. The van der Waals surface area contributed by atoms with Gasteiger partial charge in [-0.25, -0.2) is 9.78 Å². The molecule has 0 aliphatic heterocycles. The number of anilines is 1. The maximum Gasteiger partial charge on any atom is 0.354 e. The zero-order valence-electron chi connectivity index (χ0n) is 9.43. The van der Waals surface area contributed by atoms with Gasteiger partial charge >= 0.3 is 5.63 Å². The fraction of sp³-hybridized carbons (Fsp3) is 0.333. The van der Waals surface area contributed by atoms with Crippen molar-refractivity contribution in [1.82, 2.24) is 4.98 Å². The molecule has 0 aliphatic carbocycles. The van der Waals surface area contributed by atoms with Crippen molar-refractivity contribution in [1.29, 1.82) is 0 Å². The van der Waals surface area contributed by atoms with E-state index in [0.717, 1.165) is 18.8 Å². The van der Waals surface area contributed by atoms with Gasteiger partial charge in [-0.05, 0) is 26.0 Å². The minimum atomic E-state index is -0.413. The second kappa shape index (κ2) is 4.35. The van der Waals surface area contributed by atoms with E-state index in [0.29, 0.717) is 11.1 Å². The second-order valence-corrected chi connectivity index (χ2v) is 3.50. The lowest BCUT2D eigenvalue weighted by Gasteiger charge is -2.20. The smallest absolute Gasteiger partial charge is 0.354 e. The summed E-state index contributed by atoms with van der Waals surface area (Å²) in [5, 5.41) is 0. The molecule has 0 fully saturated rings. The Morgan fingerprint density at radius 3 is 2.75 bits per heavy atom. The average Bonchev–Trinajstić information content (AvgIpc) is 2.30. The molecule has 2 rings (SSSR count). The molecule has 0 N–H and O–H groups in total. The molecule has 2 aromatic rings. The Labute approximate surface area is 93.5 Å². The third kappa shape index (κ3) is 1.91. The number of fused-ring (bicyclic) bond motifs is 1. The van der Waals surface area contributed by atoms with E-state index in [1.165, 1.54) is 6.20 Å². The molecular formula is C12H14N2O2. The predicted octanol–water partition coefficient (Wildman–Crippen LogP) is 2.03. The van der Waals surface area contributed by atoms with Gasteiger partial charge in [0.1, 0.15) is 11.7 Å². The molecule has 0 spiro atoms. The molecule has 0 saturated carbocycles. The van der Waals surface area contributed by atoms with Crippen LogP contribution in [0.15, 0.2) is 33.6 Å². The Bertz CT molecular complexity index is 544. The summed E-state index contributed by atoms with van der Waals surface area (Å²) in [5.74, 6) is 0. The Balaban J connectivity index is 2.54. The highest BCUT2D eigenvalue weighted by atomic mass is 16.4. The van der Waals surface area contributed by atoms with E-state index < -0.39 is 5.63 Å². The monoisotopic (exact) mass is 218 g/mol. The normalized spacial score (nSPS) is 10.6. The predicted molar refractivity (Wildman–Crippen MR) is 63.8 cm³/mol. The minimum Gasteiger partial charge on any atom is -0.420 e. The topological polar surface area (TPSA) is 46.3 Å². The van der Waals surface area contributed by atoms with Crippen LogP contribution in [0.2, 0.25) is 0 Å². The SMILES string of the molecule is CCN(CC)c1ccc2ncc(=O)oc2c1. The number of aromatic nitrogens is 1. The molecule has 1 aromatic carbocycles. The highest BCUT2D eigenvalue weighted by Crippen LogP contribution is 2.19. The molecule has 1 heterocycles. The summed E-state index contributed by atoms with van der Waals surface area (Å²) < 4.78 is 5.10. The summed E-state index contributed by atoms with van der Waals surface area (Å²) in [6.07, 6.45) is 1.19. The standard InChI is InChI=1S/C12H14N2O2/c1-3-14(4-2)9-5-6-10-11(7-9)16-12(15)8-13-10/h5-8H,3-4H2,1-2H3. The first-order chi connectivity index (χ1) is 7.74. The first-order valence-corrected chi connectivity index (χ1v) is 5.39. The maximum atomic E-state index is 11.1. The summed E-state index contributed by atoms with van der Waals surface area (Å²) in [7, 11) is 0. The highest BCUT2D eigenvalue weighted by Gasteiger charge is 2.04. The van der Waals surface area contributed by atoms with Crippen LogP contribution in [-0.2, 0) is 0 Å². The lowest BCUT2D eigenvalue weighted by Crippen LogP contribution is -2.21. The molecule has 1 aromatic heterocycles. The zero-order valence-corrected chi connectivity index (χ0v) is 9.43. The zero-order chi connectivity index (χ0) is 11.5. The molecule has 0 radical (unpaired) electrons. The third-order valence-electron chi connectivity index (χ3n) is 2.59. The van der Waals surface area contributed by atoms with Gasteiger partial charge in [0.05, 0.1) is 0 Å². The summed E-state index contributed by atoms with van der Waals surface area (Å²) in [5.41, 5.74) is 1.88. The minimum absolute atomic E-state index is 0.413. The van der Waals surface area contributed by atoms with Crippen LogP contribution >= 0.6 is 0 Å². The van der Waals surface area contributed by atoms with Gasteiger partial charge in [0.25, 0.3) is 0 Å². The Kier molecular flexibility index (Phi) is 2.90. The lowest BCUT2D eigenvalue weighted by atomic mass is 10.2. The molecule has 0 aliphatic rings. The fourth-order valence-corrected chi connectivity index (χ4v) is 1.73. The quantitative estimate of drug-likeness (QED) is 0.790. The summed E-state index contributed by atoms with van der Waals surface area (Å²) in [6, 6.07) is 5.71. The molecule has 4 nitrogen and oxygen atoms in total. The Hall–Kier alpha value is -1.84. The van der Waals surface area contributed by atoms with Gasteiger partial charge < -0.3 is 9.32 Å². The molecule has 4 heteroatoms. The van der Waals surface area contributed by atoms with Crippen molar-refractivity contribution in [3.63, 3.8) is 0 Å². The first-order valence-electron chi connectivity index (χ1n) is 5.39. The van der Waals surface area contributed by atoms with Crippen molar-refractivity contribution < 1.29 is 4.42 Å². The number of hydrogen-bond donors (Lipinski definition) is 0. The van der Waals surface area contributed by atoms with Crippen molar-refractivity contribution in [3.05, 3.63) is 34.8 Å². The van der Waals surface area contributed by atoms with Gasteiger partial charge in [-0.2, -0.15) is 0 Å². The van der Waals surface area contributed by atoms with Crippen LogP contribution in [0.25, 0.3) is 11.1 Å². The van der Waals surface area contributed by atoms with Gasteiger partial charge in [0, 0.05) is 24.8 Å². The van der Waals surface area contributed by atoms with E-state index in [1.807, 2.05) is 18.2 Å². The van der Waals surface area contributed by atoms with Crippen LogP contribution < -0.4 is 10.5 Å². The number of hydrogen-bond acceptors (Lipinski definition) is 4. The Morgan fingerprint density at radius 2 is 2.06 bits per heavy atom. The van der Waals surface area contributed by atoms with E-state index in [4.69, 9.17) is 4.42 Å². The van der Waals surface area contributed by atoms with Crippen molar-refractivity contribution in [3.8, 4) is 0 Å². The van der Waals surface area contributed by atoms with Crippen LogP contribution in [0.1, 0.15) is 13.8 Å². The summed E-state index contributed by atoms with van der Waals surface area (Å²) in [6.45, 7) is 6.03. The molecule has 84 valence electrons. The highest BCUT2D eigenvalue weighted by molar-refractivity contribution is 5.76. The number of rotatable bonds is 3. The van der Waals surface area contributed by atoms with Crippen LogP contribution in [-0.4, -0.2) is 18.1 Å². The third-order valence-corrected chi connectivity index (χ3v) is 2.59. The van der Waals surface area contributed by atoms with E-state index in [-0.39, 0.29) is 0 Å². The van der Waals surface area contributed by atoms with Crippen molar-refractivity contribution >= 4 is 16.8 Å². The lowest BCUT2D eigenvalue weighted by molar-refractivity contribution is 0.554. The van der Waals surface area contributed by atoms with Crippen LogP contribution in [0.5, 0.6) is 0 Å². The van der Waals surface area contributed by atoms with Gasteiger partial charge in [-0.1, -0.05) is 0 Å². The first kappa shape index (κ1) is 10.7. The summed E-state index contributed by atoms with van der Waals surface area (Å²) in [4.78, 5) is 17.3. The average molecular weight is 218 g/mol. The largest absolute Gasteiger partial charge is 0.420 e. The summed E-state index contributed by atoms with van der Waals surface area (Å²) >= 11 is 0. The van der Waals surface area contributed by atoms with Gasteiger partial charge in [0.2, 0.25) is 0 Å². The second-order valence-electron chi connectivity index (χ2n) is 3.50. The molecule has 0 amide bonds. The number of nitrogens with zero attached hydrogens (tertiary/aromatic N) is 2. The van der Waals surface area contributed by atoms with Crippen molar-refractivity contribution in [2.24, 2.45) is 0 Å². The molecule has 0 saturated heterocycles.